The molecule has 0 amide bonds. The maximum atomic E-state index is 8.60. The van der Waals surface area contributed by atoms with E-state index in [2.05, 4.69) is 25.9 Å². The van der Waals surface area contributed by atoms with E-state index in [1.54, 1.807) is 11.8 Å². The molecule has 0 aliphatic carbocycles. The van der Waals surface area contributed by atoms with Gasteiger partial charge in [-0.25, -0.2) is 0 Å². The van der Waals surface area contributed by atoms with Crippen LogP contribution < -0.4 is 0 Å². The summed E-state index contributed by atoms with van der Waals surface area (Å²) in [5, 5.41) is 11.9. The summed E-state index contributed by atoms with van der Waals surface area (Å²) in [4.78, 5) is 0. The summed E-state index contributed by atoms with van der Waals surface area (Å²) >= 11 is 1.68. The molecule has 0 atom stereocenters. The van der Waals surface area contributed by atoms with Gasteiger partial charge in [-0.3, -0.25) is 0 Å². The summed E-state index contributed by atoms with van der Waals surface area (Å²) in [5.74, 6) is 0.827. The van der Waals surface area contributed by atoms with Crippen molar-refractivity contribution in [2.45, 2.75) is 27.2 Å². The predicted molar refractivity (Wildman–Crippen MR) is 51.7 cm³/mol. The third-order valence-corrected chi connectivity index (χ3v) is 1.81. The molecule has 66 valence electrons. The van der Waals surface area contributed by atoms with Crippen molar-refractivity contribution in [3.63, 3.8) is 0 Å². The van der Waals surface area contributed by atoms with Gasteiger partial charge in [-0.05, 0) is 18.1 Å². The fourth-order valence-corrected chi connectivity index (χ4v) is 1.39. The van der Waals surface area contributed by atoms with Gasteiger partial charge in [-0.15, -0.1) is 0 Å². The van der Waals surface area contributed by atoms with E-state index in [4.69, 9.17) is 5.21 Å². The standard InChI is InChI=1S/C8H17NOS/c1-8(2,3)5-7(9-10)6-11-4/h10H,5-6H2,1-4H3. The number of thioether (sulfide) groups is 1. The van der Waals surface area contributed by atoms with E-state index in [0.29, 0.717) is 0 Å². The summed E-state index contributed by atoms with van der Waals surface area (Å²) in [6.07, 6.45) is 2.87. The van der Waals surface area contributed by atoms with Gasteiger partial charge in [0.15, 0.2) is 0 Å². The van der Waals surface area contributed by atoms with Gasteiger partial charge in [0.2, 0.25) is 0 Å². The lowest BCUT2D eigenvalue weighted by molar-refractivity contribution is 0.312. The molecule has 0 unspecified atom stereocenters. The van der Waals surface area contributed by atoms with E-state index in [9.17, 15) is 0 Å². The van der Waals surface area contributed by atoms with Gasteiger partial charge in [0.1, 0.15) is 0 Å². The Labute approximate surface area is 73.1 Å². The van der Waals surface area contributed by atoms with E-state index < -0.39 is 0 Å². The first-order valence-corrected chi connectivity index (χ1v) is 5.08. The van der Waals surface area contributed by atoms with Gasteiger partial charge >= 0.3 is 0 Å². The van der Waals surface area contributed by atoms with Crippen molar-refractivity contribution >= 4 is 17.5 Å². The van der Waals surface area contributed by atoms with E-state index in [1.807, 2.05) is 6.26 Å². The maximum Gasteiger partial charge on any atom is 0.0674 e. The Morgan fingerprint density at radius 1 is 1.45 bits per heavy atom. The van der Waals surface area contributed by atoms with Crippen molar-refractivity contribution in [2.75, 3.05) is 12.0 Å². The first-order valence-electron chi connectivity index (χ1n) is 3.68. The van der Waals surface area contributed by atoms with Crippen LogP contribution in [0.3, 0.4) is 0 Å². The topological polar surface area (TPSA) is 32.6 Å². The quantitative estimate of drug-likeness (QED) is 0.406. The third kappa shape index (κ3) is 6.23. The van der Waals surface area contributed by atoms with Gasteiger partial charge < -0.3 is 5.21 Å². The average Bonchev–Trinajstić information content (AvgIpc) is 1.84. The van der Waals surface area contributed by atoms with E-state index in [0.717, 1.165) is 17.9 Å². The molecule has 0 radical (unpaired) electrons. The van der Waals surface area contributed by atoms with Gasteiger partial charge in [-0.2, -0.15) is 11.8 Å². The van der Waals surface area contributed by atoms with Crippen LogP contribution in [0.25, 0.3) is 0 Å². The number of hydrogen-bond acceptors (Lipinski definition) is 3. The largest absolute Gasteiger partial charge is 0.411 e. The van der Waals surface area contributed by atoms with Crippen molar-refractivity contribution in [3.8, 4) is 0 Å². The first-order chi connectivity index (χ1) is 4.99. The van der Waals surface area contributed by atoms with Gasteiger partial charge in [0.05, 0.1) is 5.71 Å². The zero-order valence-electron chi connectivity index (χ0n) is 7.72. The molecule has 0 aromatic carbocycles. The molecule has 0 saturated carbocycles. The van der Waals surface area contributed by atoms with E-state index in [1.165, 1.54) is 0 Å². The van der Waals surface area contributed by atoms with Crippen molar-refractivity contribution in [1.29, 1.82) is 0 Å². The first kappa shape index (κ1) is 10.8. The van der Waals surface area contributed by atoms with Crippen molar-refractivity contribution < 1.29 is 5.21 Å². The highest BCUT2D eigenvalue weighted by atomic mass is 32.2. The minimum Gasteiger partial charge on any atom is -0.411 e. The van der Waals surface area contributed by atoms with Gasteiger partial charge in [0, 0.05) is 5.75 Å². The Kier molecular flexibility index (Phi) is 4.57. The molecule has 0 aliphatic heterocycles. The molecule has 0 saturated heterocycles. The van der Waals surface area contributed by atoms with Crippen LogP contribution in [0, 0.1) is 5.41 Å². The van der Waals surface area contributed by atoms with Crippen molar-refractivity contribution in [1.82, 2.24) is 0 Å². The highest BCUT2D eigenvalue weighted by Gasteiger charge is 2.14. The Hall–Kier alpha value is -0.180. The molecule has 11 heavy (non-hydrogen) atoms. The van der Waals surface area contributed by atoms with Crippen molar-refractivity contribution in [3.05, 3.63) is 0 Å². The second-order valence-electron chi connectivity index (χ2n) is 3.84. The average molecular weight is 175 g/mol. The molecule has 0 rings (SSSR count). The van der Waals surface area contributed by atoms with Crippen LogP contribution in [0.5, 0.6) is 0 Å². The molecule has 0 aromatic heterocycles. The summed E-state index contributed by atoms with van der Waals surface area (Å²) < 4.78 is 0. The predicted octanol–water partition coefficient (Wildman–Crippen LogP) is 2.62. The molecule has 0 bridgehead atoms. The number of nitrogens with zero attached hydrogens (tertiary/aromatic N) is 1. The highest BCUT2D eigenvalue weighted by Crippen LogP contribution is 2.20. The summed E-state index contributed by atoms with van der Waals surface area (Å²) in [7, 11) is 0. The minimum atomic E-state index is 0.220. The lowest BCUT2D eigenvalue weighted by Gasteiger charge is -2.17. The van der Waals surface area contributed by atoms with Crippen LogP contribution >= 0.6 is 11.8 Å². The minimum absolute atomic E-state index is 0.220. The second kappa shape index (κ2) is 4.65. The highest BCUT2D eigenvalue weighted by molar-refractivity contribution is 7.99. The Morgan fingerprint density at radius 3 is 2.27 bits per heavy atom. The zero-order chi connectivity index (χ0) is 8.91. The third-order valence-electron chi connectivity index (χ3n) is 1.19. The van der Waals surface area contributed by atoms with Gasteiger partial charge in [-0.1, -0.05) is 25.9 Å². The summed E-state index contributed by atoms with van der Waals surface area (Å²) in [6, 6.07) is 0. The Balaban J connectivity index is 3.90. The van der Waals surface area contributed by atoms with E-state index in [-0.39, 0.29) is 5.41 Å². The molecule has 0 aliphatic rings. The number of oxime groups is 1. The lowest BCUT2D eigenvalue weighted by Crippen LogP contribution is -2.14. The van der Waals surface area contributed by atoms with Gasteiger partial charge in [0.25, 0.3) is 0 Å². The van der Waals surface area contributed by atoms with E-state index >= 15 is 0 Å². The van der Waals surface area contributed by atoms with Crippen LogP contribution in [-0.4, -0.2) is 22.9 Å². The normalized spacial score (nSPS) is 13.6. The maximum absolute atomic E-state index is 8.60. The van der Waals surface area contributed by atoms with Crippen LogP contribution in [0.4, 0.5) is 0 Å². The molecule has 1 N–H and O–H groups in total. The Bertz CT molecular complexity index is 138. The van der Waals surface area contributed by atoms with Crippen molar-refractivity contribution in [2.24, 2.45) is 10.6 Å². The molecular formula is C8H17NOS. The molecular weight excluding hydrogens is 158 g/mol. The smallest absolute Gasteiger partial charge is 0.0674 e. The SMILES string of the molecule is CSCC(CC(C)(C)C)=NO. The number of rotatable bonds is 3. The van der Waals surface area contributed by atoms with Crippen LogP contribution in [0.2, 0.25) is 0 Å². The summed E-state index contributed by atoms with van der Waals surface area (Å²) in [5.41, 5.74) is 1.10. The number of hydrogen-bond donors (Lipinski definition) is 1. The fraction of sp³-hybridized carbons (Fsp3) is 0.875. The second-order valence-corrected chi connectivity index (χ2v) is 4.70. The molecule has 0 aromatic rings. The summed E-state index contributed by atoms with van der Waals surface area (Å²) in [6.45, 7) is 6.41. The zero-order valence-corrected chi connectivity index (χ0v) is 8.53. The lowest BCUT2D eigenvalue weighted by atomic mass is 9.90. The van der Waals surface area contributed by atoms with Crippen LogP contribution in [-0.2, 0) is 0 Å². The molecule has 2 nitrogen and oxygen atoms in total. The molecule has 3 heteroatoms. The monoisotopic (exact) mass is 175 g/mol. The van der Waals surface area contributed by atoms with Crippen LogP contribution in [0.1, 0.15) is 27.2 Å². The fourth-order valence-electron chi connectivity index (χ4n) is 0.894. The molecule has 0 heterocycles. The molecule has 0 spiro atoms. The Morgan fingerprint density at radius 2 is 2.00 bits per heavy atom. The molecule has 0 fully saturated rings. The van der Waals surface area contributed by atoms with Crippen LogP contribution in [0.15, 0.2) is 5.16 Å².